The van der Waals surface area contributed by atoms with Crippen LogP contribution in [-0.4, -0.2) is 3.23 Å². The standard InChI is InChI=1S/C12H14Br2/c1-11(9-12(11,13)14)8-7-10-5-3-2-4-6-10/h2-6H,7-9H2,1H3/t11-/m0/s1. The summed E-state index contributed by atoms with van der Waals surface area (Å²) in [6.45, 7) is 2.33. The minimum Gasteiger partial charge on any atom is -0.0721 e. The highest BCUT2D eigenvalue weighted by molar-refractivity contribution is 9.25. The first kappa shape index (κ1) is 10.7. The van der Waals surface area contributed by atoms with Crippen molar-refractivity contribution >= 4 is 31.9 Å². The van der Waals surface area contributed by atoms with Crippen LogP contribution < -0.4 is 0 Å². The molecule has 0 heterocycles. The maximum Gasteiger partial charge on any atom is 0.0865 e. The molecule has 0 bridgehead atoms. The van der Waals surface area contributed by atoms with Crippen LogP contribution in [0.5, 0.6) is 0 Å². The molecule has 0 unspecified atom stereocenters. The first-order chi connectivity index (χ1) is 6.54. The zero-order chi connectivity index (χ0) is 10.2. The summed E-state index contributed by atoms with van der Waals surface area (Å²) in [5, 5.41) is 0. The molecule has 0 spiro atoms. The van der Waals surface area contributed by atoms with Gasteiger partial charge in [0.15, 0.2) is 0 Å². The molecular formula is C12H14Br2. The average Bonchev–Trinajstić information content (AvgIpc) is 2.65. The molecule has 14 heavy (non-hydrogen) atoms. The minimum absolute atomic E-state index is 0.210. The first-order valence-electron chi connectivity index (χ1n) is 4.95. The highest BCUT2D eigenvalue weighted by Gasteiger charge is 2.60. The molecule has 0 radical (unpaired) electrons. The monoisotopic (exact) mass is 316 g/mol. The molecule has 1 atom stereocenters. The fourth-order valence-electron chi connectivity index (χ4n) is 1.78. The first-order valence-corrected chi connectivity index (χ1v) is 6.54. The number of halogens is 2. The Bertz CT molecular complexity index is 318. The van der Waals surface area contributed by atoms with Crippen LogP contribution in [0.4, 0.5) is 0 Å². The molecule has 2 rings (SSSR count). The van der Waals surface area contributed by atoms with E-state index in [0.29, 0.717) is 5.41 Å². The molecule has 76 valence electrons. The molecule has 0 N–H and O–H groups in total. The Labute approximate surface area is 102 Å². The van der Waals surface area contributed by atoms with Crippen molar-refractivity contribution in [3.05, 3.63) is 35.9 Å². The summed E-state index contributed by atoms with van der Waals surface area (Å²) >= 11 is 7.40. The predicted octanol–water partition coefficient (Wildman–Crippen LogP) is 4.52. The number of aryl methyl sites for hydroxylation is 1. The molecule has 1 fully saturated rings. The maximum atomic E-state index is 3.70. The molecule has 1 aliphatic rings. The highest BCUT2D eigenvalue weighted by Crippen LogP contribution is 2.68. The molecule has 0 saturated heterocycles. The molecule has 0 nitrogen and oxygen atoms in total. The van der Waals surface area contributed by atoms with E-state index in [1.165, 1.54) is 24.8 Å². The van der Waals surface area contributed by atoms with Crippen molar-refractivity contribution in [1.29, 1.82) is 0 Å². The van der Waals surface area contributed by atoms with E-state index in [0.717, 1.165) is 0 Å². The molecule has 0 aliphatic heterocycles. The van der Waals surface area contributed by atoms with Gasteiger partial charge in [0.05, 0.1) is 3.23 Å². The lowest BCUT2D eigenvalue weighted by Gasteiger charge is -2.11. The quantitative estimate of drug-likeness (QED) is 0.719. The van der Waals surface area contributed by atoms with Crippen molar-refractivity contribution < 1.29 is 0 Å². The van der Waals surface area contributed by atoms with E-state index in [9.17, 15) is 0 Å². The van der Waals surface area contributed by atoms with Crippen LogP contribution in [0.3, 0.4) is 0 Å². The Morgan fingerprint density at radius 1 is 1.21 bits per heavy atom. The second-order valence-electron chi connectivity index (χ2n) is 4.43. The summed E-state index contributed by atoms with van der Waals surface area (Å²) in [5.74, 6) is 0. The van der Waals surface area contributed by atoms with E-state index in [4.69, 9.17) is 0 Å². The van der Waals surface area contributed by atoms with Gasteiger partial charge < -0.3 is 0 Å². The van der Waals surface area contributed by atoms with Gasteiger partial charge in [-0.15, -0.1) is 0 Å². The van der Waals surface area contributed by atoms with E-state index in [2.05, 4.69) is 69.1 Å². The molecule has 1 saturated carbocycles. The van der Waals surface area contributed by atoms with Crippen LogP contribution in [0.2, 0.25) is 0 Å². The summed E-state index contributed by atoms with van der Waals surface area (Å²) in [5.41, 5.74) is 1.87. The van der Waals surface area contributed by atoms with Gasteiger partial charge in [-0.05, 0) is 30.2 Å². The Morgan fingerprint density at radius 3 is 2.29 bits per heavy atom. The van der Waals surface area contributed by atoms with Gasteiger partial charge in [-0.2, -0.15) is 0 Å². The normalized spacial score (nSPS) is 28.8. The SMILES string of the molecule is C[C@]1(CCc2ccccc2)CC1(Br)Br. The van der Waals surface area contributed by atoms with E-state index < -0.39 is 0 Å². The number of benzene rings is 1. The summed E-state index contributed by atoms with van der Waals surface area (Å²) in [4.78, 5) is 0. The second kappa shape index (κ2) is 3.64. The molecule has 2 heteroatoms. The molecule has 1 aromatic carbocycles. The fourth-order valence-corrected chi connectivity index (χ4v) is 3.42. The molecule has 1 aliphatic carbocycles. The van der Waals surface area contributed by atoms with Crippen LogP contribution in [0.15, 0.2) is 30.3 Å². The van der Waals surface area contributed by atoms with Gasteiger partial charge in [-0.3, -0.25) is 0 Å². The zero-order valence-electron chi connectivity index (χ0n) is 8.26. The van der Waals surface area contributed by atoms with E-state index in [-0.39, 0.29) is 3.23 Å². The number of hydrogen-bond acceptors (Lipinski definition) is 0. The van der Waals surface area contributed by atoms with Crippen LogP contribution in [0.25, 0.3) is 0 Å². The zero-order valence-corrected chi connectivity index (χ0v) is 11.4. The highest BCUT2D eigenvalue weighted by atomic mass is 79.9. The van der Waals surface area contributed by atoms with Gasteiger partial charge in [-0.1, -0.05) is 69.1 Å². The van der Waals surface area contributed by atoms with Crippen LogP contribution in [-0.2, 0) is 6.42 Å². The van der Waals surface area contributed by atoms with Crippen molar-refractivity contribution in [2.75, 3.05) is 0 Å². The largest absolute Gasteiger partial charge is 0.0865 e. The summed E-state index contributed by atoms with van der Waals surface area (Å²) < 4.78 is 0.210. The van der Waals surface area contributed by atoms with Crippen molar-refractivity contribution in [3.8, 4) is 0 Å². The average molecular weight is 318 g/mol. The van der Waals surface area contributed by atoms with Crippen molar-refractivity contribution in [1.82, 2.24) is 0 Å². The van der Waals surface area contributed by atoms with Crippen molar-refractivity contribution in [2.45, 2.75) is 29.4 Å². The van der Waals surface area contributed by atoms with Gasteiger partial charge in [0, 0.05) is 0 Å². The lowest BCUT2D eigenvalue weighted by atomic mass is 9.99. The van der Waals surface area contributed by atoms with Gasteiger partial charge in [-0.25, -0.2) is 0 Å². The van der Waals surface area contributed by atoms with Gasteiger partial charge in [0.2, 0.25) is 0 Å². The van der Waals surface area contributed by atoms with Gasteiger partial charge in [0.25, 0.3) is 0 Å². The summed E-state index contributed by atoms with van der Waals surface area (Å²) in [6, 6.07) is 10.7. The van der Waals surface area contributed by atoms with E-state index in [1.54, 1.807) is 0 Å². The molecule has 0 aromatic heterocycles. The van der Waals surface area contributed by atoms with Crippen molar-refractivity contribution in [3.63, 3.8) is 0 Å². The third-order valence-electron chi connectivity index (χ3n) is 3.18. The van der Waals surface area contributed by atoms with Crippen LogP contribution in [0.1, 0.15) is 25.3 Å². The maximum absolute atomic E-state index is 3.70. The van der Waals surface area contributed by atoms with Crippen LogP contribution in [0, 0.1) is 5.41 Å². The Kier molecular flexibility index (Phi) is 2.78. The third-order valence-corrected chi connectivity index (χ3v) is 5.65. The van der Waals surface area contributed by atoms with Gasteiger partial charge in [0.1, 0.15) is 0 Å². The summed E-state index contributed by atoms with van der Waals surface area (Å²) in [6.07, 6.45) is 3.65. The van der Waals surface area contributed by atoms with Crippen LogP contribution >= 0.6 is 31.9 Å². The fraction of sp³-hybridized carbons (Fsp3) is 0.500. The number of rotatable bonds is 3. The minimum atomic E-state index is 0.210. The Morgan fingerprint density at radius 2 is 1.79 bits per heavy atom. The molecule has 1 aromatic rings. The van der Waals surface area contributed by atoms with E-state index >= 15 is 0 Å². The topological polar surface area (TPSA) is 0 Å². The Balaban J connectivity index is 1.91. The third kappa shape index (κ3) is 2.06. The lowest BCUT2D eigenvalue weighted by molar-refractivity contribution is 0.518. The van der Waals surface area contributed by atoms with Crippen molar-refractivity contribution in [2.24, 2.45) is 5.41 Å². The summed E-state index contributed by atoms with van der Waals surface area (Å²) in [7, 11) is 0. The molecular weight excluding hydrogens is 304 g/mol. The Hall–Kier alpha value is 0.180. The van der Waals surface area contributed by atoms with E-state index in [1.807, 2.05) is 0 Å². The second-order valence-corrected chi connectivity index (χ2v) is 8.20. The van der Waals surface area contributed by atoms with Gasteiger partial charge >= 0.3 is 0 Å². The number of hydrogen-bond donors (Lipinski definition) is 0. The number of alkyl halides is 2. The molecule has 0 amide bonds. The smallest absolute Gasteiger partial charge is 0.0721 e. The predicted molar refractivity (Wildman–Crippen MR) is 68.1 cm³/mol. The lowest BCUT2D eigenvalue weighted by Crippen LogP contribution is -2.04.